The Kier molecular flexibility index (Phi) is 7.23. The average molecular weight is 548 g/mol. The topological polar surface area (TPSA) is 148 Å². The monoisotopic (exact) mass is 547 g/mol. The highest BCUT2D eigenvalue weighted by molar-refractivity contribution is 7.89. The third kappa shape index (κ3) is 5.16. The van der Waals surface area contributed by atoms with Gasteiger partial charge in [0.15, 0.2) is 5.76 Å². The van der Waals surface area contributed by atoms with Gasteiger partial charge in [0.25, 0.3) is 5.56 Å². The number of hydrogen-bond acceptors (Lipinski definition) is 8. The maximum absolute atomic E-state index is 13.2. The van der Waals surface area contributed by atoms with Crippen LogP contribution < -0.4 is 16.3 Å². The van der Waals surface area contributed by atoms with E-state index in [0.717, 1.165) is 12.1 Å². The number of nitrogens with one attached hydrogen (secondary N) is 1. The Bertz CT molecular complexity index is 1440. The minimum absolute atomic E-state index is 0.0363. The van der Waals surface area contributed by atoms with Crippen molar-refractivity contribution in [1.82, 2.24) is 14.2 Å². The summed E-state index contributed by atoms with van der Waals surface area (Å²) in [5.74, 6) is -0.712. The molecule has 2 aromatic heterocycles. The molecule has 206 valence electrons. The lowest BCUT2D eigenvalue weighted by Crippen LogP contribution is -2.50. The summed E-state index contributed by atoms with van der Waals surface area (Å²) in [6, 6.07) is 6.33. The molecule has 2 aromatic rings. The van der Waals surface area contributed by atoms with Crippen LogP contribution in [-0.4, -0.2) is 66.9 Å². The Morgan fingerprint density at radius 1 is 1.18 bits per heavy atom. The van der Waals surface area contributed by atoms with Crippen LogP contribution >= 0.6 is 0 Å². The number of carbonyl (C=O) groups is 1. The zero-order valence-electron chi connectivity index (χ0n) is 21.3. The number of amides is 1. The van der Waals surface area contributed by atoms with Crippen molar-refractivity contribution in [3.8, 4) is 5.75 Å². The second-order valence-corrected chi connectivity index (χ2v) is 12.7. The van der Waals surface area contributed by atoms with Crippen molar-refractivity contribution < 1.29 is 27.5 Å². The molecule has 2 saturated heterocycles. The molecule has 2 bridgehead atoms. The van der Waals surface area contributed by atoms with Gasteiger partial charge in [-0.25, -0.2) is 12.7 Å². The number of aromatic hydroxyl groups is 1. The van der Waals surface area contributed by atoms with Crippen LogP contribution in [0.15, 0.2) is 38.3 Å². The van der Waals surface area contributed by atoms with E-state index in [2.05, 4.69) is 5.32 Å². The number of rotatable bonds is 7. The van der Waals surface area contributed by atoms with Crippen molar-refractivity contribution in [3.63, 3.8) is 0 Å². The van der Waals surface area contributed by atoms with Crippen LogP contribution in [0.25, 0.3) is 0 Å². The molecule has 3 aliphatic rings. The lowest BCUT2D eigenvalue weighted by molar-refractivity contribution is -0.123. The lowest BCUT2D eigenvalue weighted by Gasteiger charge is -2.42. The Morgan fingerprint density at radius 3 is 2.71 bits per heavy atom. The van der Waals surface area contributed by atoms with Crippen molar-refractivity contribution in [1.29, 1.82) is 0 Å². The van der Waals surface area contributed by atoms with E-state index in [0.29, 0.717) is 51.4 Å². The second kappa shape index (κ2) is 10.3. The molecule has 0 spiro atoms. The predicted molar refractivity (Wildman–Crippen MR) is 138 cm³/mol. The summed E-state index contributed by atoms with van der Waals surface area (Å²) in [5.41, 5.74) is -0.682. The number of hydrogen-bond donors (Lipinski definition) is 2. The van der Waals surface area contributed by atoms with Gasteiger partial charge in [0.2, 0.25) is 27.1 Å². The van der Waals surface area contributed by atoms with Gasteiger partial charge >= 0.3 is 0 Å². The first-order chi connectivity index (χ1) is 18.1. The van der Waals surface area contributed by atoms with Gasteiger partial charge in [-0.2, -0.15) is 0 Å². The standard InChI is InChI=1S/C26H33N3O8S/c1-17-11-21(30)24(33)25(37-17)26(5-8-36-9-6-26)13-22(31)27-7-10-38(34,35)28-14-18-12-19(16-28)20-3-2-4-23(32)29(20)15-18/h2-4,11,18-19,33H,5-10,12-16H2,1H3,(H,27,31)/t18-,19+/m1/s1. The van der Waals surface area contributed by atoms with Crippen molar-refractivity contribution in [3.05, 3.63) is 62.1 Å². The molecule has 5 heterocycles. The normalized spacial score (nSPS) is 23.0. The number of piperidine rings is 1. The summed E-state index contributed by atoms with van der Waals surface area (Å²) in [4.78, 5) is 37.4. The minimum atomic E-state index is -3.64. The molecule has 11 nitrogen and oxygen atoms in total. The number of pyridine rings is 1. The molecule has 0 unspecified atom stereocenters. The minimum Gasteiger partial charge on any atom is -0.502 e. The predicted octanol–water partition coefficient (Wildman–Crippen LogP) is 0.819. The molecule has 2 N–H and O–H groups in total. The van der Waals surface area contributed by atoms with Crippen LogP contribution in [-0.2, 0) is 31.5 Å². The summed E-state index contributed by atoms with van der Waals surface area (Å²) >= 11 is 0. The SMILES string of the molecule is Cc1cc(=O)c(O)c(C2(CC(=O)NCCS(=O)(=O)N3C[C@H]4C[C@@H](C3)c3cccc(=O)n3C4)CCOCC2)o1. The van der Waals surface area contributed by atoms with Gasteiger partial charge in [0.05, 0.1) is 5.75 Å². The van der Waals surface area contributed by atoms with E-state index in [9.17, 15) is 27.9 Å². The first-order valence-corrected chi connectivity index (χ1v) is 14.6. The molecule has 0 aliphatic carbocycles. The second-order valence-electron chi connectivity index (χ2n) is 10.6. The average Bonchev–Trinajstić information content (AvgIpc) is 2.87. The van der Waals surface area contributed by atoms with Gasteiger partial charge in [0, 0.05) is 75.0 Å². The zero-order valence-corrected chi connectivity index (χ0v) is 22.2. The fraction of sp³-hybridized carbons (Fsp3) is 0.577. The van der Waals surface area contributed by atoms with Crippen LogP contribution in [0.2, 0.25) is 0 Å². The van der Waals surface area contributed by atoms with Gasteiger partial charge in [-0.05, 0) is 38.2 Å². The van der Waals surface area contributed by atoms with Gasteiger partial charge < -0.3 is 24.1 Å². The van der Waals surface area contributed by atoms with Crippen LogP contribution in [0.4, 0.5) is 0 Å². The Hall–Kier alpha value is -2.96. The quantitative estimate of drug-likeness (QED) is 0.518. The van der Waals surface area contributed by atoms with Crippen LogP contribution in [0.3, 0.4) is 0 Å². The smallest absolute Gasteiger partial charge is 0.250 e. The lowest BCUT2D eigenvalue weighted by atomic mass is 9.74. The largest absolute Gasteiger partial charge is 0.502 e. The van der Waals surface area contributed by atoms with Crippen LogP contribution in [0.1, 0.15) is 48.8 Å². The summed E-state index contributed by atoms with van der Waals surface area (Å²) in [6.07, 6.45) is 1.52. The Labute approximate surface area is 220 Å². The van der Waals surface area contributed by atoms with E-state index < -0.39 is 32.5 Å². The van der Waals surface area contributed by atoms with Gasteiger partial charge in [-0.15, -0.1) is 0 Å². The highest BCUT2D eigenvalue weighted by Gasteiger charge is 2.42. The molecule has 3 aliphatic heterocycles. The molecule has 0 saturated carbocycles. The summed E-state index contributed by atoms with van der Waals surface area (Å²) in [6.45, 7) is 3.37. The molecule has 38 heavy (non-hydrogen) atoms. The number of ether oxygens (including phenoxy) is 1. The van der Waals surface area contributed by atoms with Crippen molar-refractivity contribution in [2.75, 3.05) is 38.6 Å². The fourth-order valence-corrected chi connectivity index (χ4v) is 7.57. The number of aryl methyl sites for hydroxylation is 1. The highest BCUT2D eigenvalue weighted by Crippen LogP contribution is 2.41. The first kappa shape index (κ1) is 26.6. The number of nitrogens with zero attached hydrogens (tertiary/aromatic N) is 2. The maximum Gasteiger partial charge on any atom is 0.250 e. The molecular formula is C26H33N3O8S. The van der Waals surface area contributed by atoms with Crippen LogP contribution in [0, 0.1) is 12.8 Å². The maximum atomic E-state index is 13.2. The van der Waals surface area contributed by atoms with Crippen molar-refractivity contribution in [2.45, 2.75) is 50.5 Å². The number of aromatic nitrogens is 1. The first-order valence-electron chi connectivity index (χ1n) is 12.9. The summed E-state index contributed by atoms with van der Waals surface area (Å²) in [7, 11) is -3.64. The zero-order chi connectivity index (χ0) is 27.1. The summed E-state index contributed by atoms with van der Waals surface area (Å²) in [5, 5.41) is 13.2. The molecule has 5 rings (SSSR count). The third-order valence-corrected chi connectivity index (χ3v) is 9.80. The molecule has 1 amide bonds. The molecule has 12 heteroatoms. The molecule has 2 fully saturated rings. The van der Waals surface area contributed by atoms with E-state index in [4.69, 9.17) is 9.15 Å². The van der Waals surface area contributed by atoms with E-state index in [1.54, 1.807) is 17.6 Å². The molecule has 2 atom stereocenters. The van der Waals surface area contributed by atoms with Crippen molar-refractivity contribution >= 4 is 15.9 Å². The third-order valence-electron chi connectivity index (χ3n) is 8.00. The molecule has 0 aromatic carbocycles. The van der Waals surface area contributed by atoms with Crippen molar-refractivity contribution in [2.24, 2.45) is 5.92 Å². The summed E-state index contributed by atoms with van der Waals surface area (Å²) < 4.78 is 40.8. The van der Waals surface area contributed by atoms with Gasteiger partial charge in [0.1, 0.15) is 5.76 Å². The Balaban J connectivity index is 1.23. The van der Waals surface area contributed by atoms with Gasteiger partial charge in [-0.1, -0.05) is 6.07 Å². The number of sulfonamides is 1. The fourth-order valence-electron chi connectivity index (χ4n) is 6.11. The van der Waals surface area contributed by atoms with E-state index in [-0.39, 0.29) is 41.9 Å². The Morgan fingerprint density at radius 2 is 1.95 bits per heavy atom. The number of fused-ring (bicyclic) bond motifs is 4. The molecule has 0 radical (unpaired) electrons. The number of carbonyl (C=O) groups excluding carboxylic acids is 1. The van der Waals surface area contributed by atoms with E-state index in [1.807, 2.05) is 6.07 Å². The van der Waals surface area contributed by atoms with Gasteiger partial charge in [-0.3, -0.25) is 14.4 Å². The van der Waals surface area contributed by atoms with Crippen LogP contribution in [0.5, 0.6) is 5.75 Å². The van der Waals surface area contributed by atoms with E-state index >= 15 is 0 Å². The molecular weight excluding hydrogens is 514 g/mol. The highest BCUT2D eigenvalue weighted by atomic mass is 32.2. The van der Waals surface area contributed by atoms with E-state index in [1.165, 1.54) is 16.4 Å².